The van der Waals surface area contributed by atoms with Crippen molar-refractivity contribution >= 4 is 34.4 Å². The van der Waals surface area contributed by atoms with Crippen molar-refractivity contribution in [1.82, 2.24) is 19.9 Å². The fourth-order valence-corrected chi connectivity index (χ4v) is 3.81. The maximum absolute atomic E-state index is 13.0. The average molecular weight is 487 g/mol. The molecule has 180 valence electrons. The van der Waals surface area contributed by atoms with E-state index in [4.69, 9.17) is 0 Å². The van der Waals surface area contributed by atoms with Gasteiger partial charge in [-0.25, -0.2) is 9.50 Å². The number of nitrogens with zero attached hydrogens (tertiary/aromatic N) is 4. The van der Waals surface area contributed by atoms with Gasteiger partial charge < -0.3 is 15.5 Å². The van der Waals surface area contributed by atoms with Crippen LogP contribution in [0.25, 0.3) is 5.65 Å². The first-order valence-corrected chi connectivity index (χ1v) is 10.9. The molecule has 0 spiro atoms. The van der Waals surface area contributed by atoms with Gasteiger partial charge in [-0.2, -0.15) is 18.3 Å². The van der Waals surface area contributed by atoms with Crippen LogP contribution in [0, 0.1) is 0 Å². The predicted molar refractivity (Wildman–Crippen MR) is 123 cm³/mol. The Bertz CT molecular complexity index is 1040. The first-order chi connectivity index (χ1) is 15.8. The molecular formula is C21H26F4N6OS. The second-order valence-electron chi connectivity index (χ2n) is 6.73. The van der Waals surface area contributed by atoms with Crippen molar-refractivity contribution < 1.29 is 22.4 Å². The number of hydrogen-bond acceptors (Lipinski definition) is 6. The largest absolute Gasteiger partial charge is 0.427 e. The van der Waals surface area contributed by atoms with Gasteiger partial charge in [-0.1, -0.05) is 6.08 Å². The lowest BCUT2D eigenvalue weighted by Crippen LogP contribution is -2.28. The van der Waals surface area contributed by atoms with Crippen molar-refractivity contribution in [1.29, 1.82) is 0 Å². The Morgan fingerprint density at radius 2 is 2.00 bits per heavy atom. The number of hydrogen-bond donors (Lipinski definition) is 2. The van der Waals surface area contributed by atoms with Crippen LogP contribution in [0.5, 0.6) is 0 Å². The number of nitrogens with one attached hydrogen (secondary N) is 2. The number of alkyl halides is 4. The second kappa shape index (κ2) is 12.3. The van der Waals surface area contributed by atoms with E-state index in [1.54, 1.807) is 12.3 Å². The summed E-state index contributed by atoms with van der Waals surface area (Å²) in [7, 11) is 0.500. The van der Waals surface area contributed by atoms with E-state index >= 15 is 0 Å². The molecule has 0 radical (unpaired) electrons. The molecule has 0 saturated carbocycles. The first kappa shape index (κ1) is 26.3. The number of amides is 1. The number of carbonyl (C=O) groups is 1. The smallest absolute Gasteiger partial charge is 0.355 e. The quantitative estimate of drug-likeness (QED) is 0.417. The summed E-state index contributed by atoms with van der Waals surface area (Å²) < 4.78 is 50.1. The Balaban J connectivity index is 0.000000714. The third-order valence-corrected chi connectivity index (χ3v) is 5.39. The number of carbonyl (C=O) groups excluding carboxylic acids is 1. The van der Waals surface area contributed by atoms with Crippen LogP contribution in [0.15, 0.2) is 42.6 Å². The van der Waals surface area contributed by atoms with Crippen molar-refractivity contribution in [2.75, 3.05) is 43.6 Å². The van der Waals surface area contributed by atoms with E-state index < -0.39 is 17.0 Å². The molecule has 4 rings (SSSR count). The Morgan fingerprint density at radius 1 is 1.27 bits per heavy atom. The van der Waals surface area contributed by atoms with Gasteiger partial charge in [0.15, 0.2) is 5.65 Å². The van der Waals surface area contributed by atoms with Gasteiger partial charge in [-0.15, -0.1) is 17.9 Å². The summed E-state index contributed by atoms with van der Waals surface area (Å²) in [5.41, 5.74) is 0.154. The summed E-state index contributed by atoms with van der Waals surface area (Å²) in [6.45, 7) is 8.62. The van der Waals surface area contributed by atoms with Gasteiger partial charge in [0.2, 0.25) is 0 Å². The normalized spacial score (nSPS) is 13.8. The highest BCUT2D eigenvalue weighted by atomic mass is 32.1. The van der Waals surface area contributed by atoms with E-state index in [-0.39, 0.29) is 11.3 Å². The van der Waals surface area contributed by atoms with E-state index in [2.05, 4.69) is 32.2 Å². The first-order valence-electron chi connectivity index (χ1n) is 10.1. The van der Waals surface area contributed by atoms with Gasteiger partial charge in [0.25, 0.3) is 5.91 Å². The number of aromatic nitrogens is 3. The third kappa shape index (κ3) is 6.75. The molecule has 1 fully saturated rings. The molecule has 33 heavy (non-hydrogen) atoms. The molecule has 7 nitrogen and oxygen atoms in total. The summed E-state index contributed by atoms with van der Waals surface area (Å²) in [4.78, 5) is 18.4. The molecule has 0 aromatic carbocycles. The SMILES string of the molecule is C=CC.CF.O=C(Nc1ccsc1C(F)(F)F)c1cnn2ccc(N3CCCNCC3)nc12. The molecule has 12 heteroatoms. The Kier molecular flexibility index (Phi) is 9.79. The topological polar surface area (TPSA) is 74.6 Å². The lowest BCUT2D eigenvalue weighted by molar-refractivity contribution is -0.133. The molecule has 0 atom stereocenters. The zero-order valence-corrected chi connectivity index (χ0v) is 19.1. The van der Waals surface area contributed by atoms with Crippen molar-refractivity contribution in [3.8, 4) is 0 Å². The summed E-state index contributed by atoms with van der Waals surface area (Å²) in [5.74, 6) is 0.0262. The maximum Gasteiger partial charge on any atom is 0.427 e. The molecule has 0 bridgehead atoms. The lowest BCUT2D eigenvalue weighted by Gasteiger charge is -2.20. The van der Waals surface area contributed by atoms with Gasteiger partial charge in [-0.3, -0.25) is 9.18 Å². The minimum absolute atomic E-state index is 0.120. The van der Waals surface area contributed by atoms with E-state index in [0.717, 1.165) is 32.6 Å². The van der Waals surface area contributed by atoms with Crippen molar-refractivity contribution in [2.24, 2.45) is 0 Å². The maximum atomic E-state index is 13.0. The Labute approximate surface area is 193 Å². The fraction of sp³-hybridized carbons (Fsp3) is 0.381. The van der Waals surface area contributed by atoms with Crippen LogP contribution in [0.2, 0.25) is 0 Å². The van der Waals surface area contributed by atoms with Gasteiger partial charge in [-0.05, 0) is 37.4 Å². The van der Waals surface area contributed by atoms with Crippen LogP contribution in [0.3, 0.4) is 0 Å². The fourth-order valence-electron chi connectivity index (χ4n) is 3.09. The van der Waals surface area contributed by atoms with Crippen molar-refractivity contribution in [3.05, 3.63) is 53.0 Å². The molecule has 1 aliphatic rings. The molecule has 1 aliphatic heterocycles. The predicted octanol–water partition coefficient (Wildman–Crippen LogP) is 4.64. The molecule has 4 heterocycles. The number of thiophene rings is 1. The van der Waals surface area contributed by atoms with E-state index in [1.165, 1.54) is 22.2 Å². The van der Waals surface area contributed by atoms with E-state index in [1.807, 2.05) is 13.0 Å². The number of allylic oxidation sites excluding steroid dienone is 1. The summed E-state index contributed by atoms with van der Waals surface area (Å²) in [5, 5.41) is 11.0. The zero-order valence-electron chi connectivity index (χ0n) is 18.3. The minimum atomic E-state index is -4.52. The zero-order chi connectivity index (χ0) is 24.4. The summed E-state index contributed by atoms with van der Waals surface area (Å²) in [6, 6.07) is 3.05. The molecule has 3 aromatic heterocycles. The van der Waals surface area contributed by atoms with E-state index in [9.17, 15) is 22.4 Å². The molecule has 1 saturated heterocycles. The summed E-state index contributed by atoms with van der Waals surface area (Å²) in [6.07, 6.45) is 1.20. The third-order valence-electron chi connectivity index (χ3n) is 4.43. The molecule has 0 aliphatic carbocycles. The molecular weight excluding hydrogens is 460 g/mol. The standard InChI is InChI=1S/C17H17F3N6OS.C3H6.CH3F/c18-17(19,20)14-12(3-9-28-14)23-16(27)11-10-22-26-7-2-13(24-15(11)26)25-6-1-4-21-5-8-25;1-3-2;1-2/h2-3,7,9-10,21H,1,4-6,8H2,(H,23,27);3H,1H2,2H3;1H3. The van der Waals surface area contributed by atoms with Crippen molar-refractivity contribution in [3.63, 3.8) is 0 Å². The number of anilines is 2. The van der Waals surface area contributed by atoms with Crippen LogP contribution in [-0.2, 0) is 6.18 Å². The average Bonchev–Trinajstić information content (AvgIpc) is 3.34. The minimum Gasteiger partial charge on any atom is -0.355 e. The van der Waals surface area contributed by atoms with Crippen LogP contribution >= 0.6 is 11.3 Å². The molecule has 3 aromatic rings. The van der Waals surface area contributed by atoms with Gasteiger partial charge in [0.1, 0.15) is 16.3 Å². The highest BCUT2D eigenvalue weighted by Gasteiger charge is 2.35. The second-order valence-corrected chi connectivity index (χ2v) is 7.64. The van der Waals surface area contributed by atoms with Gasteiger partial charge >= 0.3 is 6.18 Å². The van der Waals surface area contributed by atoms with E-state index in [0.29, 0.717) is 30.0 Å². The number of fused-ring (bicyclic) bond motifs is 1. The molecule has 0 unspecified atom stereocenters. The molecule has 1 amide bonds. The van der Waals surface area contributed by atoms with Crippen LogP contribution < -0.4 is 15.5 Å². The number of rotatable bonds is 3. The van der Waals surface area contributed by atoms with Crippen molar-refractivity contribution in [2.45, 2.75) is 19.5 Å². The van der Waals surface area contributed by atoms with Gasteiger partial charge in [0, 0.05) is 25.8 Å². The van der Waals surface area contributed by atoms with Crippen LogP contribution in [0.1, 0.15) is 28.6 Å². The molecule has 2 N–H and O–H groups in total. The highest BCUT2D eigenvalue weighted by Crippen LogP contribution is 2.39. The Hall–Kier alpha value is -2.99. The summed E-state index contributed by atoms with van der Waals surface area (Å²) >= 11 is 0.534. The van der Waals surface area contributed by atoms with Crippen LogP contribution in [-0.4, -0.2) is 53.9 Å². The monoisotopic (exact) mass is 486 g/mol. The van der Waals surface area contributed by atoms with Gasteiger partial charge in [0.05, 0.1) is 19.1 Å². The lowest BCUT2D eigenvalue weighted by atomic mass is 10.3. The number of halogens is 4. The van der Waals surface area contributed by atoms with Crippen LogP contribution in [0.4, 0.5) is 29.1 Å². The highest BCUT2D eigenvalue weighted by molar-refractivity contribution is 7.10. The Morgan fingerprint density at radius 3 is 2.70 bits per heavy atom.